The van der Waals surface area contributed by atoms with Crippen LogP contribution in [0.3, 0.4) is 0 Å². The smallest absolute Gasteiger partial charge is 0.271 e. The minimum Gasteiger partial charge on any atom is -0.465 e. The summed E-state index contributed by atoms with van der Waals surface area (Å²) in [5.41, 5.74) is 0.286. The molecule has 0 saturated carbocycles. The zero-order valence-electron chi connectivity index (χ0n) is 11.6. The second kappa shape index (κ2) is 6.70. The average molecular weight is 274 g/mol. The quantitative estimate of drug-likeness (QED) is 0.843. The third kappa shape index (κ3) is 3.81. The molecule has 6 heteroatoms. The van der Waals surface area contributed by atoms with Crippen LogP contribution in [0.5, 0.6) is 0 Å². The van der Waals surface area contributed by atoms with E-state index < -0.39 is 0 Å². The maximum atomic E-state index is 12.0. The van der Waals surface area contributed by atoms with Gasteiger partial charge in [0.05, 0.1) is 18.9 Å². The molecular formula is C14H18N4O2. The Morgan fingerprint density at radius 1 is 1.35 bits per heavy atom. The molecule has 6 nitrogen and oxygen atoms in total. The number of furan rings is 1. The van der Waals surface area contributed by atoms with Gasteiger partial charge in [-0.1, -0.05) is 6.92 Å². The first kappa shape index (κ1) is 14.0. The molecule has 0 fully saturated rings. The van der Waals surface area contributed by atoms with E-state index in [0.717, 1.165) is 18.7 Å². The second-order valence-corrected chi connectivity index (χ2v) is 4.41. The Morgan fingerprint density at radius 3 is 2.90 bits per heavy atom. The first-order valence-corrected chi connectivity index (χ1v) is 6.58. The fourth-order valence-electron chi connectivity index (χ4n) is 1.65. The molecule has 0 bridgehead atoms. The van der Waals surface area contributed by atoms with Gasteiger partial charge in [0.25, 0.3) is 5.91 Å². The number of hydrogen-bond acceptors (Lipinski definition) is 5. The van der Waals surface area contributed by atoms with Crippen molar-refractivity contribution in [2.24, 2.45) is 0 Å². The van der Waals surface area contributed by atoms with Crippen LogP contribution in [0.1, 0.15) is 35.4 Å². The van der Waals surface area contributed by atoms with E-state index in [1.54, 1.807) is 6.20 Å². The summed E-state index contributed by atoms with van der Waals surface area (Å²) >= 11 is 0. The zero-order valence-corrected chi connectivity index (χ0v) is 11.6. The number of aromatic nitrogens is 2. The Balaban J connectivity index is 1.94. The second-order valence-electron chi connectivity index (χ2n) is 4.41. The monoisotopic (exact) mass is 274 g/mol. The van der Waals surface area contributed by atoms with Crippen LogP contribution >= 0.6 is 0 Å². The molecule has 0 unspecified atom stereocenters. The van der Waals surface area contributed by atoms with Crippen LogP contribution in [-0.4, -0.2) is 22.4 Å². The van der Waals surface area contributed by atoms with Crippen molar-refractivity contribution in [2.45, 2.75) is 26.8 Å². The van der Waals surface area contributed by atoms with Gasteiger partial charge in [0.15, 0.2) is 0 Å². The lowest BCUT2D eigenvalue weighted by atomic mass is 10.4. The van der Waals surface area contributed by atoms with E-state index >= 15 is 0 Å². The maximum Gasteiger partial charge on any atom is 0.271 e. The molecule has 0 aliphatic carbocycles. The van der Waals surface area contributed by atoms with Gasteiger partial charge in [-0.15, -0.1) is 0 Å². The minimum absolute atomic E-state index is 0.272. The van der Waals surface area contributed by atoms with Crippen molar-refractivity contribution in [1.82, 2.24) is 15.3 Å². The van der Waals surface area contributed by atoms with E-state index in [4.69, 9.17) is 4.42 Å². The highest BCUT2D eigenvalue weighted by Gasteiger charge is 2.09. The topological polar surface area (TPSA) is 80.0 Å². The van der Waals surface area contributed by atoms with Gasteiger partial charge in [-0.2, -0.15) is 0 Å². The van der Waals surface area contributed by atoms with Gasteiger partial charge in [0.1, 0.15) is 23.0 Å². The number of hydrogen-bond donors (Lipinski definition) is 2. The molecule has 2 aromatic heterocycles. The molecule has 0 aliphatic rings. The summed E-state index contributed by atoms with van der Waals surface area (Å²) in [5.74, 6) is 1.86. The van der Waals surface area contributed by atoms with E-state index in [2.05, 4.69) is 27.5 Å². The van der Waals surface area contributed by atoms with E-state index in [1.165, 1.54) is 6.20 Å². The summed E-state index contributed by atoms with van der Waals surface area (Å²) < 4.78 is 5.38. The maximum absolute atomic E-state index is 12.0. The van der Waals surface area contributed by atoms with Crippen molar-refractivity contribution in [3.8, 4) is 0 Å². The lowest BCUT2D eigenvalue weighted by Crippen LogP contribution is -2.24. The van der Waals surface area contributed by atoms with Crippen molar-refractivity contribution < 1.29 is 9.21 Å². The number of nitrogens with one attached hydrogen (secondary N) is 2. The van der Waals surface area contributed by atoms with Crippen LogP contribution in [0.25, 0.3) is 0 Å². The number of nitrogens with zero attached hydrogens (tertiary/aromatic N) is 2. The first-order chi connectivity index (χ1) is 9.69. The van der Waals surface area contributed by atoms with Gasteiger partial charge >= 0.3 is 0 Å². The molecule has 0 atom stereocenters. The van der Waals surface area contributed by atoms with Gasteiger partial charge in [0.2, 0.25) is 0 Å². The van der Waals surface area contributed by atoms with Crippen molar-refractivity contribution in [3.63, 3.8) is 0 Å². The molecule has 0 aromatic carbocycles. The van der Waals surface area contributed by atoms with Crippen LogP contribution in [0, 0.1) is 6.92 Å². The molecular weight excluding hydrogens is 256 g/mol. The van der Waals surface area contributed by atoms with Crippen molar-refractivity contribution in [1.29, 1.82) is 0 Å². The average Bonchev–Trinajstić information content (AvgIpc) is 2.88. The Kier molecular flexibility index (Phi) is 4.70. The SMILES string of the molecule is CCCNc1cncc(C(=O)NCc2ccc(C)o2)n1. The highest BCUT2D eigenvalue weighted by atomic mass is 16.3. The molecule has 0 saturated heterocycles. The number of carbonyl (C=O) groups excluding carboxylic acids is 1. The summed E-state index contributed by atoms with van der Waals surface area (Å²) in [6.07, 6.45) is 4.03. The Morgan fingerprint density at radius 2 is 2.20 bits per heavy atom. The van der Waals surface area contributed by atoms with Crippen LogP contribution < -0.4 is 10.6 Å². The highest BCUT2D eigenvalue weighted by molar-refractivity contribution is 5.92. The molecule has 2 rings (SSSR count). The molecule has 2 N–H and O–H groups in total. The summed E-state index contributed by atoms with van der Waals surface area (Å²) in [7, 11) is 0. The fraction of sp³-hybridized carbons (Fsp3) is 0.357. The van der Waals surface area contributed by atoms with Crippen LogP contribution in [0.2, 0.25) is 0 Å². The van der Waals surface area contributed by atoms with E-state index in [0.29, 0.717) is 18.1 Å². The predicted molar refractivity (Wildman–Crippen MR) is 75.4 cm³/mol. The lowest BCUT2D eigenvalue weighted by Gasteiger charge is -2.06. The fourth-order valence-corrected chi connectivity index (χ4v) is 1.65. The summed E-state index contributed by atoms with van der Waals surface area (Å²) in [6, 6.07) is 3.69. The predicted octanol–water partition coefficient (Wildman–Crippen LogP) is 2.13. The molecule has 106 valence electrons. The molecule has 20 heavy (non-hydrogen) atoms. The van der Waals surface area contributed by atoms with Crippen LogP contribution in [-0.2, 0) is 6.54 Å². The molecule has 1 amide bonds. The van der Waals surface area contributed by atoms with Gasteiger partial charge in [-0.25, -0.2) is 4.98 Å². The number of carbonyl (C=O) groups is 1. The summed E-state index contributed by atoms with van der Waals surface area (Å²) in [4.78, 5) is 20.2. The van der Waals surface area contributed by atoms with Crippen molar-refractivity contribution in [3.05, 3.63) is 41.7 Å². The number of anilines is 1. The normalized spacial score (nSPS) is 10.3. The van der Waals surface area contributed by atoms with Gasteiger partial charge in [-0.05, 0) is 25.5 Å². The third-order valence-electron chi connectivity index (χ3n) is 2.64. The van der Waals surface area contributed by atoms with Gasteiger partial charge in [0, 0.05) is 6.54 Å². The van der Waals surface area contributed by atoms with Crippen LogP contribution in [0.4, 0.5) is 5.82 Å². The number of amides is 1. The zero-order chi connectivity index (χ0) is 14.4. The largest absolute Gasteiger partial charge is 0.465 e. The standard InChI is InChI=1S/C14H18N4O2/c1-3-6-16-13-9-15-8-12(18-13)14(19)17-7-11-5-4-10(2)20-11/h4-5,8-9H,3,6-7H2,1-2H3,(H,16,18)(H,17,19). The third-order valence-corrected chi connectivity index (χ3v) is 2.64. The molecule has 0 aliphatic heterocycles. The highest BCUT2D eigenvalue weighted by Crippen LogP contribution is 2.06. The van der Waals surface area contributed by atoms with Crippen molar-refractivity contribution in [2.75, 3.05) is 11.9 Å². The number of rotatable bonds is 6. The number of aryl methyl sites for hydroxylation is 1. The van der Waals surface area contributed by atoms with Crippen LogP contribution in [0.15, 0.2) is 28.9 Å². The minimum atomic E-state index is -0.272. The van der Waals surface area contributed by atoms with E-state index in [-0.39, 0.29) is 11.6 Å². The molecule has 0 radical (unpaired) electrons. The van der Waals surface area contributed by atoms with Crippen molar-refractivity contribution >= 4 is 11.7 Å². The van der Waals surface area contributed by atoms with Gasteiger partial charge in [-0.3, -0.25) is 9.78 Å². The summed E-state index contributed by atoms with van der Waals surface area (Å²) in [5, 5.41) is 5.84. The van der Waals surface area contributed by atoms with E-state index in [1.807, 2.05) is 19.1 Å². The Hall–Kier alpha value is -2.37. The first-order valence-electron chi connectivity index (χ1n) is 6.58. The molecule has 2 aromatic rings. The summed E-state index contributed by atoms with van der Waals surface area (Å²) in [6.45, 7) is 5.05. The lowest BCUT2D eigenvalue weighted by molar-refractivity contribution is 0.0942. The molecule has 2 heterocycles. The van der Waals surface area contributed by atoms with Gasteiger partial charge < -0.3 is 15.1 Å². The van der Waals surface area contributed by atoms with E-state index in [9.17, 15) is 4.79 Å². The Bertz CT molecular complexity index is 580. The Labute approximate surface area is 117 Å². The molecule has 0 spiro atoms.